The molecule has 0 atom stereocenters. The summed E-state index contributed by atoms with van der Waals surface area (Å²) in [5, 5.41) is 7.78. The summed E-state index contributed by atoms with van der Waals surface area (Å²) in [6, 6.07) is 10.9. The van der Waals surface area contributed by atoms with Gasteiger partial charge in [-0.1, -0.05) is 6.07 Å². The van der Waals surface area contributed by atoms with E-state index in [4.69, 9.17) is 5.14 Å². The van der Waals surface area contributed by atoms with Crippen molar-refractivity contribution in [2.75, 3.05) is 10.0 Å². The molecule has 8 nitrogen and oxygen atoms in total. The fourth-order valence-electron chi connectivity index (χ4n) is 2.24. The second kappa shape index (κ2) is 6.71. The predicted octanol–water partition coefficient (Wildman–Crippen LogP) is 1.48. The number of amides is 1. The molecule has 2 aromatic carbocycles. The maximum Gasteiger partial charge on any atom is 0.261 e. The van der Waals surface area contributed by atoms with E-state index in [2.05, 4.69) is 10.0 Å². The second-order valence-corrected chi connectivity index (χ2v) is 9.21. The molecule has 0 aromatic heterocycles. The van der Waals surface area contributed by atoms with Crippen molar-refractivity contribution in [2.24, 2.45) is 11.1 Å². The van der Waals surface area contributed by atoms with Crippen LogP contribution in [0.5, 0.6) is 0 Å². The van der Waals surface area contributed by atoms with Crippen LogP contribution in [0, 0.1) is 5.92 Å². The van der Waals surface area contributed by atoms with E-state index in [1.165, 1.54) is 30.3 Å². The lowest BCUT2D eigenvalue weighted by Gasteiger charge is -2.10. The van der Waals surface area contributed by atoms with Crippen LogP contribution >= 0.6 is 0 Å². The first kappa shape index (κ1) is 18.4. The number of nitrogens with two attached hydrogens (primary N) is 1. The van der Waals surface area contributed by atoms with Crippen LogP contribution in [0.2, 0.25) is 0 Å². The standard InChI is InChI=1S/C16H17N3O5S2/c17-25(21,22)14-2-1-3-15(10-14)26(23,24)19-13-8-6-12(7-9-13)18-16(20)11-4-5-11/h1-3,6-11,19H,4-5H2,(H,18,20)(H2,17,21,22). The zero-order valence-electron chi connectivity index (χ0n) is 13.5. The van der Waals surface area contributed by atoms with Crippen molar-refractivity contribution in [1.29, 1.82) is 0 Å². The van der Waals surface area contributed by atoms with Gasteiger partial charge in [0.2, 0.25) is 15.9 Å². The Hall–Kier alpha value is -2.43. The Balaban J connectivity index is 1.76. The van der Waals surface area contributed by atoms with E-state index in [-0.39, 0.29) is 27.3 Å². The maximum absolute atomic E-state index is 12.4. The summed E-state index contributed by atoms with van der Waals surface area (Å²) in [6.07, 6.45) is 1.78. The Morgan fingerprint density at radius 3 is 2.08 bits per heavy atom. The number of rotatable bonds is 6. The summed E-state index contributed by atoms with van der Waals surface area (Å²) >= 11 is 0. The molecule has 3 rings (SSSR count). The summed E-state index contributed by atoms with van der Waals surface area (Å²) in [4.78, 5) is 11.2. The van der Waals surface area contributed by atoms with Gasteiger partial charge in [0.15, 0.2) is 0 Å². The van der Waals surface area contributed by atoms with Crippen molar-refractivity contribution in [2.45, 2.75) is 22.6 Å². The van der Waals surface area contributed by atoms with Crippen LogP contribution in [0.1, 0.15) is 12.8 Å². The number of hydrogen-bond acceptors (Lipinski definition) is 5. The van der Waals surface area contributed by atoms with Crippen LogP contribution in [0.4, 0.5) is 11.4 Å². The normalized spacial score (nSPS) is 14.7. The third-order valence-corrected chi connectivity index (χ3v) is 6.09. The molecule has 0 saturated heterocycles. The lowest BCUT2D eigenvalue weighted by atomic mass is 10.2. The topological polar surface area (TPSA) is 135 Å². The van der Waals surface area contributed by atoms with Crippen molar-refractivity contribution >= 4 is 37.3 Å². The van der Waals surface area contributed by atoms with Gasteiger partial charge in [0.25, 0.3) is 10.0 Å². The molecule has 2 aromatic rings. The molecule has 138 valence electrons. The van der Waals surface area contributed by atoms with Crippen LogP contribution in [0.25, 0.3) is 0 Å². The van der Waals surface area contributed by atoms with Crippen LogP contribution in [-0.2, 0) is 24.8 Å². The van der Waals surface area contributed by atoms with Crippen molar-refractivity contribution in [1.82, 2.24) is 0 Å². The lowest BCUT2D eigenvalue weighted by Crippen LogP contribution is -2.16. The van der Waals surface area contributed by atoms with Gasteiger partial charge in [0, 0.05) is 17.3 Å². The average Bonchev–Trinajstić information content (AvgIpc) is 3.41. The predicted molar refractivity (Wildman–Crippen MR) is 96.4 cm³/mol. The summed E-state index contributed by atoms with van der Waals surface area (Å²) in [5.41, 5.74) is 0.844. The van der Waals surface area contributed by atoms with E-state index in [9.17, 15) is 21.6 Å². The molecule has 0 unspecified atom stereocenters. The minimum Gasteiger partial charge on any atom is -0.326 e. The number of carbonyl (C=O) groups excluding carboxylic acids is 1. The first-order valence-electron chi connectivity index (χ1n) is 7.72. The molecule has 0 radical (unpaired) electrons. The maximum atomic E-state index is 12.4. The third kappa shape index (κ3) is 4.40. The molecule has 1 saturated carbocycles. The number of benzene rings is 2. The van der Waals surface area contributed by atoms with Gasteiger partial charge in [0.05, 0.1) is 9.79 Å². The van der Waals surface area contributed by atoms with Gasteiger partial charge in [-0.3, -0.25) is 9.52 Å². The molecule has 1 aliphatic carbocycles. The highest BCUT2D eigenvalue weighted by atomic mass is 32.2. The van der Waals surface area contributed by atoms with Gasteiger partial charge < -0.3 is 5.32 Å². The van der Waals surface area contributed by atoms with Crippen molar-refractivity contribution < 1.29 is 21.6 Å². The second-order valence-electron chi connectivity index (χ2n) is 5.97. The summed E-state index contributed by atoms with van der Waals surface area (Å²) in [5.74, 6) is 0.0254. The average molecular weight is 395 g/mol. The quantitative estimate of drug-likeness (QED) is 0.681. The smallest absolute Gasteiger partial charge is 0.261 e. The van der Waals surface area contributed by atoms with Gasteiger partial charge >= 0.3 is 0 Å². The first-order chi connectivity index (χ1) is 12.1. The first-order valence-corrected chi connectivity index (χ1v) is 10.7. The molecule has 0 spiro atoms. The third-order valence-electron chi connectivity index (χ3n) is 3.80. The van der Waals surface area contributed by atoms with Crippen LogP contribution in [0.3, 0.4) is 0 Å². The minimum atomic E-state index is -4.01. The zero-order chi connectivity index (χ0) is 18.9. The van der Waals surface area contributed by atoms with E-state index in [1.807, 2.05) is 0 Å². The molecule has 1 fully saturated rings. The zero-order valence-corrected chi connectivity index (χ0v) is 15.2. The molecule has 0 bridgehead atoms. The van der Waals surface area contributed by atoms with Crippen molar-refractivity contribution in [3.63, 3.8) is 0 Å². The van der Waals surface area contributed by atoms with Crippen LogP contribution in [-0.4, -0.2) is 22.7 Å². The number of primary sulfonamides is 1. The van der Waals surface area contributed by atoms with Crippen LogP contribution < -0.4 is 15.2 Å². The molecule has 26 heavy (non-hydrogen) atoms. The molecule has 4 N–H and O–H groups in total. The number of sulfonamides is 2. The number of anilines is 2. The summed E-state index contributed by atoms with van der Waals surface area (Å²) < 4.78 is 50.0. The molecular weight excluding hydrogens is 378 g/mol. The SMILES string of the molecule is NS(=O)(=O)c1cccc(S(=O)(=O)Nc2ccc(NC(=O)C3CC3)cc2)c1. The fraction of sp³-hybridized carbons (Fsp3) is 0.188. The molecule has 0 aliphatic heterocycles. The molecule has 10 heteroatoms. The van der Waals surface area contributed by atoms with Crippen molar-refractivity contribution in [3.8, 4) is 0 Å². The number of hydrogen-bond donors (Lipinski definition) is 3. The lowest BCUT2D eigenvalue weighted by molar-refractivity contribution is -0.117. The largest absolute Gasteiger partial charge is 0.326 e. The Labute approximate surface area is 151 Å². The Morgan fingerprint density at radius 1 is 0.923 bits per heavy atom. The Kier molecular flexibility index (Phi) is 4.74. The van der Waals surface area contributed by atoms with E-state index in [0.717, 1.165) is 18.9 Å². The monoisotopic (exact) mass is 395 g/mol. The summed E-state index contributed by atoms with van der Waals surface area (Å²) in [6.45, 7) is 0. The van der Waals surface area contributed by atoms with E-state index >= 15 is 0 Å². The molecular formula is C16H17N3O5S2. The van der Waals surface area contributed by atoms with Gasteiger partial charge in [-0.25, -0.2) is 22.0 Å². The van der Waals surface area contributed by atoms with E-state index in [0.29, 0.717) is 5.69 Å². The van der Waals surface area contributed by atoms with E-state index in [1.54, 1.807) is 12.1 Å². The minimum absolute atomic E-state index is 0.0434. The van der Waals surface area contributed by atoms with Gasteiger partial charge in [0.1, 0.15) is 0 Å². The fourth-order valence-corrected chi connectivity index (χ4v) is 3.98. The Bertz CT molecular complexity index is 1040. The number of carbonyl (C=O) groups is 1. The highest BCUT2D eigenvalue weighted by Crippen LogP contribution is 2.30. The number of nitrogens with one attached hydrogen (secondary N) is 2. The Morgan fingerprint density at radius 2 is 1.50 bits per heavy atom. The van der Waals surface area contributed by atoms with Gasteiger partial charge in [-0.05, 0) is 55.3 Å². The highest BCUT2D eigenvalue weighted by Gasteiger charge is 2.29. The molecule has 0 heterocycles. The highest BCUT2D eigenvalue weighted by molar-refractivity contribution is 7.93. The van der Waals surface area contributed by atoms with Gasteiger partial charge in [-0.15, -0.1) is 0 Å². The van der Waals surface area contributed by atoms with Gasteiger partial charge in [-0.2, -0.15) is 0 Å². The molecule has 1 amide bonds. The van der Waals surface area contributed by atoms with Crippen LogP contribution in [0.15, 0.2) is 58.3 Å². The van der Waals surface area contributed by atoms with E-state index < -0.39 is 20.0 Å². The molecule has 1 aliphatic rings. The summed E-state index contributed by atoms with van der Waals surface area (Å²) in [7, 11) is -8.00. The van der Waals surface area contributed by atoms with Crippen molar-refractivity contribution in [3.05, 3.63) is 48.5 Å².